The first-order valence-corrected chi connectivity index (χ1v) is 4.22. The minimum absolute atomic E-state index is 0.0294. The first-order chi connectivity index (χ1) is 5.58. The van der Waals surface area contributed by atoms with Gasteiger partial charge in [-0.15, -0.1) is 0 Å². The number of aliphatic hydroxyl groups excluding tert-OH is 3. The SMILES string of the molecule is CCC(C)(CO)NCC(O)CO. The highest BCUT2D eigenvalue weighted by Gasteiger charge is 2.20. The van der Waals surface area contributed by atoms with Crippen LogP contribution in [0.5, 0.6) is 0 Å². The number of aliphatic hydroxyl groups is 3. The lowest BCUT2D eigenvalue weighted by molar-refractivity contribution is 0.0775. The van der Waals surface area contributed by atoms with Crippen molar-refractivity contribution in [3.63, 3.8) is 0 Å². The van der Waals surface area contributed by atoms with Gasteiger partial charge in [0.05, 0.1) is 19.3 Å². The quantitative estimate of drug-likeness (QED) is 0.424. The van der Waals surface area contributed by atoms with Crippen LogP contribution in [0, 0.1) is 0 Å². The standard InChI is InChI=1S/C8H19NO3/c1-3-8(2,6-11)9-4-7(12)5-10/h7,9-12H,3-6H2,1-2H3. The Bertz CT molecular complexity index is 115. The zero-order valence-corrected chi connectivity index (χ0v) is 7.75. The zero-order chi connectivity index (χ0) is 9.61. The van der Waals surface area contributed by atoms with Crippen LogP contribution in [0.15, 0.2) is 0 Å². The highest BCUT2D eigenvalue weighted by molar-refractivity contribution is 4.81. The molecule has 0 aliphatic carbocycles. The molecule has 4 nitrogen and oxygen atoms in total. The topological polar surface area (TPSA) is 72.7 Å². The van der Waals surface area contributed by atoms with E-state index in [0.717, 1.165) is 6.42 Å². The molecule has 0 aromatic carbocycles. The average Bonchev–Trinajstić information content (AvgIpc) is 2.13. The van der Waals surface area contributed by atoms with Crippen molar-refractivity contribution in [1.82, 2.24) is 5.32 Å². The van der Waals surface area contributed by atoms with Crippen LogP contribution in [-0.2, 0) is 0 Å². The fourth-order valence-electron chi connectivity index (χ4n) is 0.721. The second-order valence-electron chi connectivity index (χ2n) is 3.29. The van der Waals surface area contributed by atoms with Crippen LogP contribution in [0.4, 0.5) is 0 Å². The van der Waals surface area contributed by atoms with E-state index in [1.165, 1.54) is 0 Å². The van der Waals surface area contributed by atoms with Gasteiger partial charge in [0.15, 0.2) is 0 Å². The average molecular weight is 177 g/mol. The Morgan fingerprint density at radius 2 is 2.00 bits per heavy atom. The lowest BCUT2D eigenvalue weighted by atomic mass is 10.0. The van der Waals surface area contributed by atoms with E-state index in [-0.39, 0.29) is 18.8 Å². The molecule has 4 N–H and O–H groups in total. The van der Waals surface area contributed by atoms with Crippen LogP contribution in [0.3, 0.4) is 0 Å². The first kappa shape index (κ1) is 11.8. The van der Waals surface area contributed by atoms with Gasteiger partial charge in [0.1, 0.15) is 0 Å². The Balaban J connectivity index is 3.72. The zero-order valence-electron chi connectivity index (χ0n) is 7.75. The number of β-amino-alcohol motifs (C(OH)–C–C–N with tert-alkyl or cyclic N) is 1. The Kier molecular flexibility index (Phi) is 5.41. The summed E-state index contributed by atoms with van der Waals surface area (Å²) in [5.74, 6) is 0. The maximum atomic E-state index is 9.02. The van der Waals surface area contributed by atoms with Crippen molar-refractivity contribution in [1.29, 1.82) is 0 Å². The van der Waals surface area contributed by atoms with Crippen molar-refractivity contribution in [2.24, 2.45) is 0 Å². The van der Waals surface area contributed by atoms with Crippen molar-refractivity contribution in [2.45, 2.75) is 31.9 Å². The molecule has 0 aliphatic rings. The van der Waals surface area contributed by atoms with Gasteiger partial charge in [0.2, 0.25) is 0 Å². The van der Waals surface area contributed by atoms with Crippen LogP contribution >= 0.6 is 0 Å². The van der Waals surface area contributed by atoms with E-state index in [4.69, 9.17) is 15.3 Å². The van der Waals surface area contributed by atoms with E-state index in [9.17, 15) is 0 Å². The van der Waals surface area contributed by atoms with Gasteiger partial charge in [-0.1, -0.05) is 6.92 Å². The Labute approximate surface area is 73.2 Å². The summed E-state index contributed by atoms with van der Waals surface area (Å²) in [6.45, 7) is 3.91. The molecule has 0 amide bonds. The summed E-state index contributed by atoms with van der Waals surface area (Å²) in [4.78, 5) is 0. The maximum absolute atomic E-state index is 9.02. The Hall–Kier alpha value is -0.160. The van der Waals surface area contributed by atoms with E-state index in [0.29, 0.717) is 6.54 Å². The van der Waals surface area contributed by atoms with E-state index in [1.54, 1.807) is 0 Å². The van der Waals surface area contributed by atoms with Gasteiger partial charge >= 0.3 is 0 Å². The summed E-state index contributed by atoms with van der Waals surface area (Å²) in [6, 6.07) is 0. The van der Waals surface area contributed by atoms with E-state index in [1.807, 2.05) is 13.8 Å². The van der Waals surface area contributed by atoms with E-state index < -0.39 is 6.10 Å². The molecule has 0 bridgehead atoms. The van der Waals surface area contributed by atoms with Gasteiger partial charge in [0.25, 0.3) is 0 Å². The van der Waals surface area contributed by atoms with Crippen LogP contribution < -0.4 is 5.32 Å². The lowest BCUT2D eigenvalue weighted by Crippen LogP contribution is -2.48. The number of rotatable bonds is 6. The minimum Gasteiger partial charge on any atom is -0.394 e. The van der Waals surface area contributed by atoms with Crippen LogP contribution in [0.2, 0.25) is 0 Å². The van der Waals surface area contributed by atoms with Gasteiger partial charge in [-0.2, -0.15) is 0 Å². The van der Waals surface area contributed by atoms with Crippen molar-refractivity contribution in [3.05, 3.63) is 0 Å². The summed E-state index contributed by atoms with van der Waals surface area (Å²) in [7, 11) is 0. The number of nitrogens with one attached hydrogen (secondary N) is 1. The predicted molar refractivity (Wildman–Crippen MR) is 46.9 cm³/mol. The first-order valence-electron chi connectivity index (χ1n) is 4.22. The summed E-state index contributed by atoms with van der Waals surface area (Å²) in [5, 5.41) is 29.5. The minimum atomic E-state index is -0.748. The molecule has 0 spiro atoms. The summed E-state index contributed by atoms with van der Waals surface area (Å²) >= 11 is 0. The second kappa shape index (κ2) is 5.48. The van der Waals surface area contributed by atoms with Crippen LogP contribution in [0.1, 0.15) is 20.3 Å². The molecular weight excluding hydrogens is 158 g/mol. The molecule has 0 rings (SSSR count). The normalized spacial score (nSPS) is 18.8. The molecule has 0 aromatic rings. The maximum Gasteiger partial charge on any atom is 0.0895 e. The molecule has 74 valence electrons. The monoisotopic (exact) mass is 177 g/mol. The predicted octanol–water partition coefficient (Wildman–Crippen LogP) is -0.910. The van der Waals surface area contributed by atoms with E-state index >= 15 is 0 Å². The molecule has 0 fully saturated rings. The molecule has 0 aromatic heterocycles. The molecular formula is C8H19NO3. The Morgan fingerprint density at radius 1 is 1.42 bits per heavy atom. The highest BCUT2D eigenvalue weighted by atomic mass is 16.3. The largest absolute Gasteiger partial charge is 0.394 e. The molecule has 0 aliphatic heterocycles. The highest BCUT2D eigenvalue weighted by Crippen LogP contribution is 2.06. The molecule has 2 unspecified atom stereocenters. The van der Waals surface area contributed by atoms with Gasteiger partial charge in [-0.3, -0.25) is 0 Å². The molecule has 0 saturated heterocycles. The molecule has 0 saturated carbocycles. The van der Waals surface area contributed by atoms with Gasteiger partial charge in [-0.05, 0) is 13.3 Å². The molecule has 2 atom stereocenters. The fourth-order valence-corrected chi connectivity index (χ4v) is 0.721. The summed E-state index contributed by atoms with van der Waals surface area (Å²) in [6.07, 6.45) is 0.0317. The van der Waals surface area contributed by atoms with Crippen molar-refractivity contribution in [3.8, 4) is 0 Å². The number of hydrogen-bond donors (Lipinski definition) is 4. The summed E-state index contributed by atoms with van der Waals surface area (Å²) < 4.78 is 0. The molecule has 0 heterocycles. The van der Waals surface area contributed by atoms with Crippen molar-refractivity contribution < 1.29 is 15.3 Å². The summed E-state index contributed by atoms with van der Waals surface area (Å²) in [5.41, 5.74) is -0.351. The second-order valence-corrected chi connectivity index (χ2v) is 3.29. The van der Waals surface area contributed by atoms with Crippen LogP contribution in [-0.4, -0.2) is 46.7 Å². The smallest absolute Gasteiger partial charge is 0.0895 e. The third-order valence-corrected chi connectivity index (χ3v) is 2.10. The number of hydrogen-bond acceptors (Lipinski definition) is 4. The van der Waals surface area contributed by atoms with E-state index in [2.05, 4.69) is 5.32 Å². The lowest BCUT2D eigenvalue weighted by Gasteiger charge is -2.28. The van der Waals surface area contributed by atoms with Crippen molar-refractivity contribution in [2.75, 3.05) is 19.8 Å². The van der Waals surface area contributed by atoms with Gasteiger partial charge in [-0.25, -0.2) is 0 Å². The van der Waals surface area contributed by atoms with Gasteiger partial charge < -0.3 is 20.6 Å². The molecule has 4 heteroatoms. The molecule has 0 radical (unpaired) electrons. The third kappa shape index (κ3) is 4.01. The molecule has 12 heavy (non-hydrogen) atoms. The Morgan fingerprint density at radius 3 is 2.33 bits per heavy atom. The van der Waals surface area contributed by atoms with Gasteiger partial charge in [0, 0.05) is 12.1 Å². The fraction of sp³-hybridized carbons (Fsp3) is 1.00. The van der Waals surface area contributed by atoms with Crippen molar-refractivity contribution >= 4 is 0 Å². The third-order valence-electron chi connectivity index (χ3n) is 2.10. The van der Waals surface area contributed by atoms with Crippen LogP contribution in [0.25, 0.3) is 0 Å².